The normalized spacial score (nSPS) is 12.9. The number of hydrogen-bond donors (Lipinski definition) is 6. The molecule has 2 amide bonds. The number of nitrogens with two attached hydrogens (primary N) is 2. The predicted molar refractivity (Wildman–Crippen MR) is 198 cm³/mol. The van der Waals surface area contributed by atoms with Gasteiger partial charge in [-0.05, 0) is 61.9 Å². The first-order valence-corrected chi connectivity index (χ1v) is 18.9. The molecule has 0 unspecified atom stereocenters. The summed E-state index contributed by atoms with van der Waals surface area (Å²) in [6.07, 6.45) is -1.42. The number of aliphatic imine (C=N–C) groups is 1. The fraction of sp³-hybridized carbons (Fsp3) is 0.514. The van der Waals surface area contributed by atoms with E-state index >= 15 is 0 Å². The third-order valence-electron chi connectivity index (χ3n) is 7.00. The van der Waals surface area contributed by atoms with Crippen molar-refractivity contribution in [2.45, 2.75) is 31.0 Å². The number of rotatable bonds is 29. The number of halogens is 2. The Hall–Kier alpha value is -4.16. The number of nitrogens with one attached hydrogen (secondary N) is 2. The number of ether oxygens (including phenoxy) is 7. The summed E-state index contributed by atoms with van der Waals surface area (Å²) in [4.78, 5) is 26.6. The van der Waals surface area contributed by atoms with Gasteiger partial charge in [0, 0.05) is 18.7 Å². The Morgan fingerprint density at radius 1 is 0.786 bits per heavy atom. The monoisotopic (exact) mass is 819 g/mol. The van der Waals surface area contributed by atoms with Gasteiger partial charge >= 0.3 is 0 Å². The van der Waals surface area contributed by atoms with E-state index in [0.717, 1.165) is 12.1 Å². The highest BCUT2D eigenvalue weighted by molar-refractivity contribution is 7.89. The van der Waals surface area contributed by atoms with Crippen LogP contribution in [0.3, 0.4) is 0 Å². The Kier molecular flexibility index (Phi) is 22.8. The predicted octanol–water partition coefficient (Wildman–Crippen LogP) is 0.196. The van der Waals surface area contributed by atoms with Gasteiger partial charge in [-0.3, -0.25) is 9.59 Å². The fourth-order valence-electron chi connectivity index (χ4n) is 4.19. The lowest BCUT2D eigenvalue weighted by atomic mass is 10.1. The molecule has 0 spiro atoms. The second-order valence-electron chi connectivity index (χ2n) is 11.6. The molecular weight excluding hydrogens is 768 g/mol. The molecule has 56 heavy (non-hydrogen) atoms. The fourth-order valence-corrected chi connectivity index (χ4v) is 5.20. The van der Waals surface area contributed by atoms with E-state index in [0.29, 0.717) is 52.9 Å². The van der Waals surface area contributed by atoms with E-state index in [1.165, 1.54) is 44.2 Å². The zero-order valence-electron chi connectivity index (χ0n) is 31.2. The average molecular weight is 820 g/mol. The van der Waals surface area contributed by atoms with Crippen LogP contribution in [0.15, 0.2) is 51.9 Å². The summed E-state index contributed by atoms with van der Waals surface area (Å²) < 4.78 is 94.6. The van der Waals surface area contributed by atoms with Gasteiger partial charge < -0.3 is 60.2 Å². The number of benzene rings is 2. The van der Waals surface area contributed by atoms with Crippen LogP contribution in [0.5, 0.6) is 11.5 Å². The summed E-state index contributed by atoms with van der Waals surface area (Å²) in [5, 5.41) is 21.0. The molecule has 2 aromatic carbocycles. The molecule has 0 heterocycles. The van der Waals surface area contributed by atoms with E-state index in [1.54, 1.807) is 0 Å². The van der Waals surface area contributed by atoms with Gasteiger partial charge in [0.2, 0.25) is 10.0 Å². The Morgan fingerprint density at radius 2 is 1.23 bits per heavy atom. The molecule has 2 atom stereocenters. The number of carbonyl (C=O) groups excluding carboxylic acids is 2. The summed E-state index contributed by atoms with van der Waals surface area (Å²) in [7, 11) is -3.91. The highest BCUT2D eigenvalue weighted by Crippen LogP contribution is 2.30. The number of hydrogen-bond acceptors (Lipinski definition) is 13. The van der Waals surface area contributed by atoms with Gasteiger partial charge in [0.25, 0.3) is 11.8 Å². The van der Waals surface area contributed by atoms with Crippen LogP contribution in [-0.4, -0.2) is 141 Å². The molecule has 0 aliphatic carbocycles. The van der Waals surface area contributed by atoms with E-state index < -0.39 is 57.4 Å². The van der Waals surface area contributed by atoms with Gasteiger partial charge in [0.05, 0.1) is 90.3 Å². The van der Waals surface area contributed by atoms with Crippen molar-refractivity contribution in [3.63, 3.8) is 0 Å². The quantitative estimate of drug-likeness (QED) is 0.0277. The molecule has 0 aliphatic rings. The molecule has 21 heteroatoms. The molecule has 0 aliphatic heterocycles. The molecular formula is C35H51F2N5O13S. The van der Waals surface area contributed by atoms with Crippen LogP contribution < -0.4 is 26.2 Å². The summed E-state index contributed by atoms with van der Waals surface area (Å²) in [6, 6.07) is 6.81. The van der Waals surface area contributed by atoms with Crippen LogP contribution in [0.2, 0.25) is 0 Å². The standard InChI is InChI=1S/C35H51F2N5O13S/c1-24(33(45)42-35(38)39)21-26-22-29(36)32(30(37)23-26)55-27-3-5-28(6-4-27)56(47,48)41-8-10-50-12-14-52-16-18-54-20-19-53-17-15-51-13-11-49-9-7-40-34(46)31(44)25(2)43/h3-6,21-23,25,31,41,43-44H,7-20H2,1-2H3,(H,40,46)(H4,38,39,42,45)/b24-21+/t25-,31+/m0/s1. The number of carbonyl (C=O) groups is 2. The van der Waals surface area contributed by atoms with Gasteiger partial charge in [-0.25, -0.2) is 21.9 Å². The summed E-state index contributed by atoms with van der Waals surface area (Å²) in [5.74, 6) is -4.76. The molecule has 0 saturated carbocycles. The van der Waals surface area contributed by atoms with Crippen molar-refractivity contribution in [3.8, 4) is 11.5 Å². The zero-order chi connectivity index (χ0) is 41.3. The van der Waals surface area contributed by atoms with Gasteiger partial charge in [-0.15, -0.1) is 0 Å². The number of amides is 2. The Balaban J connectivity index is 1.49. The Labute approximate surface area is 324 Å². The topological polar surface area (TPSA) is 262 Å². The molecule has 2 rings (SSSR count). The highest BCUT2D eigenvalue weighted by Gasteiger charge is 2.20. The van der Waals surface area contributed by atoms with Crippen molar-refractivity contribution in [2.75, 3.05) is 92.4 Å². The van der Waals surface area contributed by atoms with E-state index in [-0.39, 0.29) is 61.3 Å². The minimum absolute atomic E-state index is 0.0175. The first kappa shape index (κ1) is 48.0. The van der Waals surface area contributed by atoms with Gasteiger partial charge in [0.1, 0.15) is 5.75 Å². The van der Waals surface area contributed by atoms with Crippen molar-refractivity contribution < 1.29 is 70.2 Å². The van der Waals surface area contributed by atoms with Gasteiger partial charge in [-0.1, -0.05) is 0 Å². The third kappa shape index (κ3) is 19.6. The molecule has 0 fully saturated rings. The second kappa shape index (κ2) is 26.6. The Morgan fingerprint density at radius 3 is 1.68 bits per heavy atom. The zero-order valence-corrected chi connectivity index (χ0v) is 32.1. The minimum atomic E-state index is -3.91. The molecule has 0 aromatic heterocycles. The summed E-state index contributed by atoms with van der Waals surface area (Å²) in [5.41, 5.74) is 10.4. The highest BCUT2D eigenvalue weighted by atomic mass is 32.2. The third-order valence-corrected chi connectivity index (χ3v) is 8.47. The lowest BCUT2D eigenvalue weighted by Crippen LogP contribution is -2.42. The maximum Gasteiger partial charge on any atom is 0.275 e. The van der Waals surface area contributed by atoms with Gasteiger partial charge in [0.15, 0.2) is 29.4 Å². The lowest BCUT2D eigenvalue weighted by Gasteiger charge is -2.13. The van der Waals surface area contributed by atoms with E-state index in [4.69, 9.17) is 49.7 Å². The van der Waals surface area contributed by atoms with Crippen molar-refractivity contribution in [1.29, 1.82) is 0 Å². The molecule has 18 nitrogen and oxygen atoms in total. The van der Waals surface area contributed by atoms with Crippen molar-refractivity contribution >= 4 is 33.9 Å². The van der Waals surface area contributed by atoms with Crippen molar-refractivity contribution in [3.05, 3.63) is 59.2 Å². The van der Waals surface area contributed by atoms with Crippen LogP contribution in [0.25, 0.3) is 6.08 Å². The van der Waals surface area contributed by atoms with Crippen LogP contribution in [-0.2, 0) is 48.0 Å². The first-order chi connectivity index (χ1) is 26.7. The van der Waals surface area contributed by atoms with Crippen molar-refractivity contribution in [2.24, 2.45) is 16.5 Å². The molecule has 0 radical (unpaired) electrons. The number of aliphatic hydroxyl groups is 2. The average Bonchev–Trinajstić information content (AvgIpc) is 3.14. The van der Waals surface area contributed by atoms with Gasteiger partial charge in [-0.2, -0.15) is 4.99 Å². The lowest BCUT2D eigenvalue weighted by molar-refractivity contribution is -0.134. The minimum Gasteiger partial charge on any atom is -0.451 e. The van der Waals surface area contributed by atoms with E-state index in [1.807, 2.05) is 0 Å². The molecule has 8 N–H and O–H groups in total. The van der Waals surface area contributed by atoms with E-state index in [2.05, 4.69) is 15.0 Å². The van der Waals surface area contributed by atoms with E-state index in [9.17, 15) is 31.9 Å². The molecule has 0 saturated heterocycles. The maximum atomic E-state index is 14.7. The number of sulfonamides is 1. The van der Waals surface area contributed by atoms with Crippen LogP contribution in [0, 0.1) is 11.6 Å². The number of guanidine groups is 1. The summed E-state index contributed by atoms with van der Waals surface area (Å²) >= 11 is 0. The largest absolute Gasteiger partial charge is 0.451 e. The van der Waals surface area contributed by atoms with Crippen LogP contribution in [0.4, 0.5) is 8.78 Å². The first-order valence-electron chi connectivity index (χ1n) is 17.4. The molecule has 0 bridgehead atoms. The molecule has 314 valence electrons. The smallest absolute Gasteiger partial charge is 0.275 e. The SMILES string of the molecule is C/C(=C\c1cc(F)c(Oc2ccc(S(=O)(=O)NCCOCCOCCOCCOCCOCCOCCNC(=O)[C@H](O)[C@H](C)O)cc2)c(F)c1)C(=O)N=C(N)N. The Bertz CT molecular complexity index is 1640. The number of nitrogens with zero attached hydrogens (tertiary/aromatic N) is 1. The second-order valence-corrected chi connectivity index (χ2v) is 13.4. The van der Waals surface area contributed by atoms with Crippen LogP contribution >= 0.6 is 0 Å². The summed E-state index contributed by atoms with van der Waals surface area (Å²) in [6.45, 7) is 6.52. The number of aliphatic hydroxyl groups excluding tert-OH is 2. The molecule has 2 aromatic rings. The maximum absolute atomic E-state index is 14.7. The van der Waals surface area contributed by atoms with Crippen molar-refractivity contribution in [1.82, 2.24) is 10.0 Å². The van der Waals surface area contributed by atoms with Crippen LogP contribution in [0.1, 0.15) is 19.4 Å².